The van der Waals surface area contributed by atoms with E-state index in [0.717, 1.165) is 0 Å². The molecule has 1 atom stereocenters. The normalized spacial score (nSPS) is 13.2. The summed E-state index contributed by atoms with van der Waals surface area (Å²) in [6, 6.07) is 0. The SMILES string of the molecule is C=C(C(=C(C)C)C(C)C(C)C)C(C)C. The van der Waals surface area contributed by atoms with E-state index in [-0.39, 0.29) is 0 Å². The molecule has 0 aliphatic rings. The molecule has 0 aromatic rings. The zero-order valence-corrected chi connectivity index (χ0v) is 10.9. The van der Waals surface area contributed by atoms with E-state index >= 15 is 0 Å². The summed E-state index contributed by atoms with van der Waals surface area (Å²) in [7, 11) is 0. The van der Waals surface area contributed by atoms with Gasteiger partial charge in [0.05, 0.1) is 0 Å². The van der Waals surface area contributed by atoms with Crippen LogP contribution < -0.4 is 0 Å². The minimum absolute atomic E-state index is 0.557. The highest BCUT2D eigenvalue weighted by molar-refractivity contribution is 5.35. The maximum atomic E-state index is 4.22. The Morgan fingerprint density at radius 3 is 1.57 bits per heavy atom. The fourth-order valence-corrected chi connectivity index (χ4v) is 1.71. The van der Waals surface area contributed by atoms with Crippen molar-refractivity contribution in [2.75, 3.05) is 0 Å². The molecule has 0 radical (unpaired) electrons. The number of allylic oxidation sites excluding steroid dienone is 3. The average molecular weight is 194 g/mol. The van der Waals surface area contributed by atoms with E-state index < -0.39 is 0 Å². The van der Waals surface area contributed by atoms with Gasteiger partial charge in [0.1, 0.15) is 0 Å². The summed E-state index contributed by atoms with van der Waals surface area (Å²) in [4.78, 5) is 0. The molecule has 0 aromatic carbocycles. The lowest BCUT2D eigenvalue weighted by molar-refractivity contribution is 0.474. The Kier molecular flexibility index (Phi) is 5.18. The summed E-state index contributed by atoms with van der Waals surface area (Å²) >= 11 is 0. The maximum Gasteiger partial charge on any atom is -0.0165 e. The highest BCUT2D eigenvalue weighted by Gasteiger charge is 2.18. The van der Waals surface area contributed by atoms with Gasteiger partial charge in [-0.25, -0.2) is 0 Å². The number of hydrogen-bond acceptors (Lipinski definition) is 0. The molecule has 0 saturated carbocycles. The van der Waals surface area contributed by atoms with Crippen molar-refractivity contribution in [3.8, 4) is 0 Å². The lowest BCUT2D eigenvalue weighted by Gasteiger charge is -2.25. The van der Waals surface area contributed by atoms with Gasteiger partial charge in [-0.2, -0.15) is 0 Å². The second-order valence-electron chi connectivity index (χ2n) is 5.13. The fraction of sp³-hybridized carbons (Fsp3) is 0.714. The van der Waals surface area contributed by atoms with Crippen LogP contribution in [0.1, 0.15) is 48.5 Å². The van der Waals surface area contributed by atoms with Crippen molar-refractivity contribution in [2.24, 2.45) is 17.8 Å². The van der Waals surface area contributed by atoms with Gasteiger partial charge < -0.3 is 0 Å². The predicted octanol–water partition coefficient (Wildman–Crippen LogP) is 4.83. The van der Waals surface area contributed by atoms with Crippen LogP contribution in [0.25, 0.3) is 0 Å². The fourth-order valence-electron chi connectivity index (χ4n) is 1.71. The van der Waals surface area contributed by atoms with E-state index in [0.29, 0.717) is 17.8 Å². The molecule has 0 aromatic heterocycles. The lowest BCUT2D eigenvalue weighted by Crippen LogP contribution is -2.13. The van der Waals surface area contributed by atoms with Crippen LogP contribution in [0.3, 0.4) is 0 Å². The van der Waals surface area contributed by atoms with E-state index in [9.17, 15) is 0 Å². The zero-order chi connectivity index (χ0) is 11.5. The van der Waals surface area contributed by atoms with Crippen LogP contribution in [0.4, 0.5) is 0 Å². The molecular weight excluding hydrogens is 168 g/mol. The molecule has 0 spiro atoms. The van der Waals surface area contributed by atoms with Gasteiger partial charge in [-0.05, 0) is 42.7 Å². The van der Waals surface area contributed by atoms with E-state index in [1.54, 1.807) is 0 Å². The van der Waals surface area contributed by atoms with E-state index in [1.807, 2.05) is 0 Å². The van der Waals surface area contributed by atoms with Gasteiger partial charge in [-0.15, -0.1) is 0 Å². The summed E-state index contributed by atoms with van der Waals surface area (Å²) in [6.45, 7) is 19.9. The molecule has 0 fully saturated rings. The molecule has 14 heavy (non-hydrogen) atoms. The van der Waals surface area contributed by atoms with Crippen molar-refractivity contribution in [2.45, 2.75) is 48.5 Å². The molecule has 0 heteroatoms. The molecule has 82 valence electrons. The van der Waals surface area contributed by atoms with Gasteiger partial charge in [-0.3, -0.25) is 0 Å². The van der Waals surface area contributed by atoms with Gasteiger partial charge in [-0.1, -0.05) is 46.8 Å². The van der Waals surface area contributed by atoms with Gasteiger partial charge in [0.2, 0.25) is 0 Å². The minimum Gasteiger partial charge on any atom is -0.0953 e. The zero-order valence-electron chi connectivity index (χ0n) is 10.9. The smallest absolute Gasteiger partial charge is 0.0165 e. The minimum atomic E-state index is 0.557. The van der Waals surface area contributed by atoms with Gasteiger partial charge in [0.15, 0.2) is 0 Å². The van der Waals surface area contributed by atoms with Gasteiger partial charge >= 0.3 is 0 Å². The molecular formula is C14H26. The van der Waals surface area contributed by atoms with Crippen molar-refractivity contribution in [1.29, 1.82) is 0 Å². The third kappa shape index (κ3) is 3.32. The van der Waals surface area contributed by atoms with Crippen LogP contribution in [-0.4, -0.2) is 0 Å². The van der Waals surface area contributed by atoms with Crippen molar-refractivity contribution in [1.82, 2.24) is 0 Å². The molecule has 0 amide bonds. The first kappa shape index (κ1) is 13.5. The Balaban J connectivity index is 5.00. The van der Waals surface area contributed by atoms with Crippen molar-refractivity contribution in [3.63, 3.8) is 0 Å². The monoisotopic (exact) mass is 194 g/mol. The van der Waals surface area contributed by atoms with Crippen LogP contribution >= 0.6 is 0 Å². The first-order valence-corrected chi connectivity index (χ1v) is 5.65. The Hall–Kier alpha value is -0.520. The molecule has 1 unspecified atom stereocenters. The molecule has 0 nitrogen and oxygen atoms in total. The largest absolute Gasteiger partial charge is 0.0953 e. The van der Waals surface area contributed by atoms with Crippen molar-refractivity contribution in [3.05, 3.63) is 23.3 Å². The summed E-state index contributed by atoms with van der Waals surface area (Å²) in [5.41, 5.74) is 4.21. The number of hydrogen-bond donors (Lipinski definition) is 0. The summed E-state index contributed by atoms with van der Waals surface area (Å²) in [5, 5.41) is 0. The average Bonchev–Trinajstić information content (AvgIpc) is 2.03. The second-order valence-corrected chi connectivity index (χ2v) is 5.13. The highest BCUT2D eigenvalue weighted by Crippen LogP contribution is 2.31. The number of rotatable bonds is 4. The second kappa shape index (κ2) is 5.38. The topological polar surface area (TPSA) is 0 Å². The lowest BCUT2D eigenvalue weighted by atomic mass is 9.80. The van der Waals surface area contributed by atoms with E-state index in [1.165, 1.54) is 16.7 Å². The predicted molar refractivity (Wildman–Crippen MR) is 66.4 cm³/mol. The van der Waals surface area contributed by atoms with Crippen LogP contribution in [0.2, 0.25) is 0 Å². The van der Waals surface area contributed by atoms with Crippen LogP contribution in [0.5, 0.6) is 0 Å². The molecule has 0 N–H and O–H groups in total. The van der Waals surface area contributed by atoms with E-state index in [2.05, 4.69) is 55.0 Å². The Labute approximate surface area is 90.1 Å². The first-order chi connectivity index (χ1) is 6.29. The molecule has 0 aliphatic heterocycles. The third-order valence-corrected chi connectivity index (χ3v) is 3.04. The van der Waals surface area contributed by atoms with Gasteiger partial charge in [0, 0.05) is 0 Å². The van der Waals surface area contributed by atoms with Crippen LogP contribution in [0.15, 0.2) is 23.3 Å². The Morgan fingerprint density at radius 2 is 1.36 bits per heavy atom. The van der Waals surface area contributed by atoms with E-state index in [4.69, 9.17) is 0 Å². The quantitative estimate of drug-likeness (QED) is 0.562. The molecule has 0 saturated heterocycles. The summed E-state index contributed by atoms with van der Waals surface area (Å²) < 4.78 is 0. The molecule has 0 heterocycles. The maximum absolute atomic E-state index is 4.22. The van der Waals surface area contributed by atoms with Crippen molar-refractivity contribution >= 4 is 0 Å². The van der Waals surface area contributed by atoms with Crippen molar-refractivity contribution < 1.29 is 0 Å². The molecule has 0 aliphatic carbocycles. The van der Waals surface area contributed by atoms with Crippen LogP contribution in [0, 0.1) is 17.8 Å². The summed E-state index contributed by atoms with van der Waals surface area (Å²) in [5.74, 6) is 1.87. The highest BCUT2D eigenvalue weighted by atomic mass is 14.2. The van der Waals surface area contributed by atoms with Crippen LogP contribution in [-0.2, 0) is 0 Å². The Bertz CT molecular complexity index is 224. The standard InChI is InChI=1S/C14H26/c1-9(2)12(7)14(11(5)6)13(8)10(3)4/h9-10,13H,7H2,1-6,8H3. The molecule has 0 rings (SSSR count). The Morgan fingerprint density at radius 1 is 0.929 bits per heavy atom. The molecule has 0 bridgehead atoms. The van der Waals surface area contributed by atoms with Gasteiger partial charge in [0.25, 0.3) is 0 Å². The summed E-state index contributed by atoms with van der Waals surface area (Å²) in [6.07, 6.45) is 0. The third-order valence-electron chi connectivity index (χ3n) is 3.04. The first-order valence-electron chi connectivity index (χ1n) is 5.65.